The number of carbonyl (C=O) groups is 2. The van der Waals surface area contributed by atoms with E-state index < -0.39 is 6.10 Å². The van der Waals surface area contributed by atoms with Crippen LogP contribution < -0.4 is 15.5 Å². The van der Waals surface area contributed by atoms with Crippen molar-refractivity contribution in [3.05, 3.63) is 71.4 Å². The Hall–Kier alpha value is -4.02. The highest BCUT2D eigenvalue weighted by Crippen LogP contribution is 2.31. The molecule has 10 nitrogen and oxygen atoms in total. The summed E-state index contributed by atoms with van der Waals surface area (Å²) in [4.78, 5) is 38.8. The van der Waals surface area contributed by atoms with Gasteiger partial charge in [0.05, 0.1) is 25.5 Å². The van der Waals surface area contributed by atoms with Crippen LogP contribution in [0.25, 0.3) is 11.4 Å². The van der Waals surface area contributed by atoms with E-state index in [1.54, 1.807) is 17.0 Å². The molecule has 0 saturated carbocycles. The minimum atomic E-state index is -1.22. The van der Waals surface area contributed by atoms with Crippen molar-refractivity contribution in [3.8, 4) is 11.4 Å². The van der Waals surface area contributed by atoms with E-state index in [0.717, 1.165) is 35.7 Å². The lowest BCUT2D eigenvalue weighted by Gasteiger charge is -2.34. The first kappa shape index (κ1) is 25.6. The van der Waals surface area contributed by atoms with Gasteiger partial charge >= 0.3 is 6.03 Å². The molecule has 1 atom stereocenters. The summed E-state index contributed by atoms with van der Waals surface area (Å²) in [6, 6.07) is 16.1. The molecule has 0 spiro atoms. The number of carbonyl (C=O) groups excluding carboxylic acids is 2. The molecule has 3 amide bonds. The summed E-state index contributed by atoms with van der Waals surface area (Å²) in [5, 5.41) is 16.2. The molecule has 0 radical (unpaired) electrons. The fourth-order valence-corrected chi connectivity index (χ4v) is 4.75. The first-order valence-electron chi connectivity index (χ1n) is 12.9. The number of morpholine rings is 1. The molecule has 1 aromatic heterocycles. The van der Waals surface area contributed by atoms with Crippen molar-refractivity contribution in [1.82, 2.24) is 20.2 Å². The number of hydrogen-bond acceptors (Lipinski definition) is 7. The van der Waals surface area contributed by atoms with Gasteiger partial charge in [0.2, 0.25) is 0 Å². The molecule has 0 bridgehead atoms. The molecular weight excluding hydrogens is 484 g/mol. The molecule has 0 aliphatic carbocycles. The van der Waals surface area contributed by atoms with Gasteiger partial charge in [0.15, 0.2) is 11.9 Å². The van der Waals surface area contributed by atoms with Crippen molar-refractivity contribution < 1.29 is 19.4 Å². The summed E-state index contributed by atoms with van der Waals surface area (Å²) in [6.07, 6.45) is -0.618. The second kappa shape index (κ2) is 11.6. The second-order valence-corrected chi connectivity index (χ2v) is 9.28. The number of fused-ring (bicyclic) bond motifs is 1. The van der Waals surface area contributed by atoms with Crippen LogP contribution in [-0.4, -0.2) is 71.3 Å². The van der Waals surface area contributed by atoms with Gasteiger partial charge in [0.25, 0.3) is 5.91 Å². The van der Waals surface area contributed by atoms with E-state index in [2.05, 4.69) is 15.5 Å². The van der Waals surface area contributed by atoms with E-state index in [1.165, 1.54) is 0 Å². The largest absolute Gasteiger partial charge is 0.378 e. The van der Waals surface area contributed by atoms with Crippen molar-refractivity contribution in [2.75, 3.05) is 49.6 Å². The van der Waals surface area contributed by atoms with Gasteiger partial charge in [0.1, 0.15) is 5.82 Å². The van der Waals surface area contributed by atoms with E-state index in [4.69, 9.17) is 14.7 Å². The molecule has 2 aliphatic rings. The second-order valence-electron chi connectivity index (χ2n) is 9.28. The van der Waals surface area contributed by atoms with Crippen molar-refractivity contribution >= 4 is 23.4 Å². The van der Waals surface area contributed by atoms with E-state index in [9.17, 15) is 14.7 Å². The fraction of sp³-hybridized carbons (Fsp3) is 0.357. The van der Waals surface area contributed by atoms with Crippen LogP contribution in [0, 0.1) is 0 Å². The monoisotopic (exact) mass is 516 g/mol. The highest BCUT2D eigenvalue weighted by atomic mass is 16.5. The Morgan fingerprint density at radius 3 is 2.47 bits per heavy atom. The van der Waals surface area contributed by atoms with E-state index in [-0.39, 0.29) is 11.9 Å². The maximum Gasteiger partial charge on any atom is 0.319 e. The molecule has 0 unspecified atom stereocenters. The highest BCUT2D eigenvalue weighted by Gasteiger charge is 2.31. The van der Waals surface area contributed by atoms with Crippen LogP contribution in [0.1, 0.15) is 29.8 Å². The number of nitrogens with zero attached hydrogens (tertiary/aromatic N) is 4. The molecule has 3 N–H and O–H groups in total. The number of ether oxygens (including phenoxy) is 1. The molecule has 1 fully saturated rings. The molecule has 2 aliphatic heterocycles. The summed E-state index contributed by atoms with van der Waals surface area (Å²) in [5.74, 6) is 1.08. The Balaban J connectivity index is 1.44. The zero-order valence-corrected chi connectivity index (χ0v) is 21.4. The number of nitrogens with one attached hydrogen (secondary N) is 2. The molecular formula is C28H32N6O4. The number of aliphatic hydroxyl groups excluding tert-OH is 1. The van der Waals surface area contributed by atoms with Crippen LogP contribution in [0.5, 0.6) is 0 Å². The Bertz CT molecular complexity index is 1280. The molecule has 198 valence electrons. The van der Waals surface area contributed by atoms with Gasteiger partial charge in [-0.15, -0.1) is 0 Å². The van der Waals surface area contributed by atoms with Crippen LogP contribution >= 0.6 is 0 Å². The number of aromatic nitrogens is 2. The van der Waals surface area contributed by atoms with Crippen LogP contribution in [0.2, 0.25) is 0 Å². The average molecular weight is 517 g/mol. The van der Waals surface area contributed by atoms with Crippen molar-refractivity contribution in [1.29, 1.82) is 0 Å². The molecule has 3 heterocycles. The summed E-state index contributed by atoms with van der Waals surface area (Å²) >= 11 is 0. The summed E-state index contributed by atoms with van der Waals surface area (Å²) in [6.45, 7) is 5.89. The zero-order valence-electron chi connectivity index (χ0n) is 21.4. The number of rotatable bonds is 6. The van der Waals surface area contributed by atoms with Gasteiger partial charge in [-0.2, -0.15) is 0 Å². The molecule has 1 saturated heterocycles. The van der Waals surface area contributed by atoms with Crippen LogP contribution in [0.15, 0.2) is 54.6 Å². The summed E-state index contributed by atoms with van der Waals surface area (Å²) < 4.78 is 5.55. The van der Waals surface area contributed by atoms with Crippen LogP contribution in [0.3, 0.4) is 0 Å². The Morgan fingerprint density at radius 1 is 1.03 bits per heavy atom. The van der Waals surface area contributed by atoms with E-state index >= 15 is 0 Å². The zero-order chi connectivity index (χ0) is 26.5. The van der Waals surface area contributed by atoms with Crippen molar-refractivity contribution in [2.45, 2.75) is 26.0 Å². The lowest BCUT2D eigenvalue weighted by Crippen LogP contribution is -2.42. The molecule has 3 aromatic rings. The predicted octanol–water partition coefficient (Wildman–Crippen LogP) is 2.74. The smallest absolute Gasteiger partial charge is 0.319 e. The van der Waals surface area contributed by atoms with E-state index in [0.29, 0.717) is 56.3 Å². The Morgan fingerprint density at radius 2 is 1.76 bits per heavy atom. The van der Waals surface area contributed by atoms with E-state index in [1.807, 2.05) is 49.4 Å². The maximum absolute atomic E-state index is 13.2. The van der Waals surface area contributed by atoms with Crippen molar-refractivity contribution in [3.63, 3.8) is 0 Å². The van der Waals surface area contributed by atoms with Gasteiger partial charge in [0, 0.05) is 43.0 Å². The summed E-state index contributed by atoms with van der Waals surface area (Å²) in [5.41, 5.74) is 3.85. The number of aliphatic hydroxyl groups is 1. The third kappa shape index (κ3) is 5.61. The van der Waals surface area contributed by atoms with Gasteiger partial charge in [-0.3, -0.25) is 4.79 Å². The molecule has 38 heavy (non-hydrogen) atoms. The first-order valence-corrected chi connectivity index (χ1v) is 12.9. The average Bonchev–Trinajstić information content (AvgIpc) is 2.97. The van der Waals surface area contributed by atoms with Gasteiger partial charge < -0.3 is 30.3 Å². The lowest BCUT2D eigenvalue weighted by atomic mass is 10.0. The van der Waals surface area contributed by atoms with Crippen LogP contribution in [-0.2, 0) is 22.5 Å². The highest BCUT2D eigenvalue weighted by molar-refractivity contribution is 5.89. The lowest BCUT2D eigenvalue weighted by molar-refractivity contribution is -0.141. The SMILES string of the molecule is CCNC(=O)Nc1ccc(-c2nc3c(c(N4CCOCC4)n2)CCN(C(=O)[C@H](O)c2ccccc2)C3)cc1. The molecule has 2 aromatic carbocycles. The number of anilines is 2. The third-order valence-corrected chi connectivity index (χ3v) is 6.75. The Labute approximate surface area is 221 Å². The predicted molar refractivity (Wildman–Crippen MR) is 144 cm³/mol. The van der Waals surface area contributed by atoms with Gasteiger partial charge in [-0.1, -0.05) is 30.3 Å². The molecule has 5 rings (SSSR count). The maximum atomic E-state index is 13.2. The standard InChI is InChI=1S/C28H32N6O4/c1-2-29-28(37)30-21-10-8-20(9-11-21)25-31-23-18-34(27(36)24(35)19-6-4-3-5-7-19)13-12-22(23)26(32-25)33-14-16-38-17-15-33/h3-11,24,35H,2,12-18H2,1H3,(H2,29,30,37)/t24-/m1/s1. The topological polar surface area (TPSA) is 120 Å². The third-order valence-electron chi connectivity index (χ3n) is 6.75. The van der Waals surface area contributed by atoms with Gasteiger partial charge in [-0.05, 0) is 43.2 Å². The van der Waals surface area contributed by atoms with Gasteiger partial charge in [-0.25, -0.2) is 14.8 Å². The quantitative estimate of drug-likeness (QED) is 0.461. The number of amides is 3. The number of hydrogen-bond donors (Lipinski definition) is 3. The minimum Gasteiger partial charge on any atom is -0.378 e. The van der Waals surface area contributed by atoms with Crippen molar-refractivity contribution in [2.24, 2.45) is 0 Å². The number of urea groups is 1. The fourth-order valence-electron chi connectivity index (χ4n) is 4.75. The minimum absolute atomic E-state index is 0.262. The number of benzene rings is 2. The normalized spacial score (nSPS) is 15.9. The van der Waals surface area contributed by atoms with Crippen LogP contribution in [0.4, 0.5) is 16.3 Å². The molecule has 10 heteroatoms. The summed E-state index contributed by atoms with van der Waals surface area (Å²) in [7, 11) is 0. The first-order chi connectivity index (χ1) is 18.5. The Kier molecular flexibility index (Phi) is 7.81.